The normalized spacial score (nSPS) is 17.7. The van der Waals surface area contributed by atoms with Crippen molar-refractivity contribution in [2.45, 2.75) is 57.6 Å². The molecule has 3 aromatic heterocycles. The molecule has 1 fully saturated rings. The van der Waals surface area contributed by atoms with Crippen LogP contribution in [0, 0.1) is 5.92 Å². The lowest BCUT2D eigenvalue weighted by Gasteiger charge is -2.29. The second-order valence-corrected chi connectivity index (χ2v) is 11.4. The molecule has 1 aliphatic heterocycles. The van der Waals surface area contributed by atoms with E-state index in [0.29, 0.717) is 17.4 Å². The number of nitrogens with zero attached hydrogens (tertiary/aromatic N) is 4. The summed E-state index contributed by atoms with van der Waals surface area (Å²) in [6, 6.07) is 11.6. The van der Waals surface area contributed by atoms with E-state index in [1.54, 1.807) is 18.3 Å². The number of nitrogens with one attached hydrogen (secondary N) is 2. The summed E-state index contributed by atoms with van der Waals surface area (Å²) in [6.45, 7) is 9.22. The highest BCUT2D eigenvalue weighted by Gasteiger charge is 2.33. The number of hydrogen-bond acceptors (Lipinski definition) is 9. The number of nitrogens with two attached hydrogens (primary N) is 1. The Balaban J connectivity index is 0.00000267. The lowest BCUT2D eigenvalue weighted by atomic mass is 10.1. The van der Waals surface area contributed by atoms with Crippen LogP contribution in [0.5, 0.6) is 0 Å². The predicted molar refractivity (Wildman–Crippen MR) is 149 cm³/mol. The second-order valence-electron chi connectivity index (χ2n) is 9.79. The summed E-state index contributed by atoms with van der Waals surface area (Å²) in [5.41, 5.74) is 7.23. The molecule has 200 valence electrons. The minimum atomic E-state index is -4.23. The van der Waals surface area contributed by atoms with E-state index < -0.39 is 15.9 Å². The van der Waals surface area contributed by atoms with Crippen molar-refractivity contribution >= 4 is 33.4 Å². The van der Waals surface area contributed by atoms with Crippen molar-refractivity contribution in [3.63, 3.8) is 0 Å². The zero-order chi connectivity index (χ0) is 26.7. The Kier molecular flexibility index (Phi) is 7.63. The Morgan fingerprint density at radius 3 is 2.46 bits per heavy atom. The molecular formula is C26H37N7O3S. The number of carbonyl (C=O) groups is 1. The van der Waals surface area contributed by atoms with Crippen LogP contribution in [0.15, 0.2) is 53.7 Å². The summed E-state index contributed by atoms with van der Waals surface area (Å²) in [4.78, 5) is 28.5. The third kappa shape index (κ3) is 5.99. The minimum Gasteiger partial charge on any atom is -0.384 e. The predicted octanol–water partition coefficient (Wildman–Crippen LogP) is 4.18. The zero-order valence-electron chi connectivity index (χ0n) is 21.5. The van der Waals surface area contributed by atoms with Crippen molar-refractivity contribution < 1.29 is 16.1 Å². The number of aromatic nitrogens is 3. The van der Waals surface area contributed by atoms with E-state index in [0.717, 1.165) is 30.8 Å². The summed E-state index contributed by atoms with van der Waals surface area (Å²) in [5, 5.41) is 2.96. The first-order chi connectivity index (χ1) is 17.5. The second kappa shape index (κ2) is 10.7. The molecule has 0 saturated carbocycles. The summed E-state index contributed by atoms with van der Waals surface area (Å²) in [5.74, 6) is 0.963. The molecule has 0 spiro atoms. The van der Waals surface area contributed by atoms with Crippen LogP contribution in [0.4, 0.5) is 17.5 Å². The van der Waals surface area contributed by atoms with E-state index in [1.807, 2.05) is 12.1 Å². The molecule has 11 heteroatoms. The average Bonchev–Trinajstić information content (AvgIpc) is 3.20. The van der Waals surface area contributed by atoms with Gasteiger partial charge in [-0.2, -0.15) is 8.42 Å². The fraction of sp³-hybridized carbons (Fsp3) is 0.385. The van der Waals surface area contributed by atoms with Gasteiger partial charge in [-0.3, -0.25) is 4.79 Å². The molecule has 0 aliphatic carbocycles. The molecule has 4 N–H and O–H groups in total. The molecule has 1 saturated heterocycles. The molecule has 4 rings (SSSR count). The molecule has 0 unspecified atom stereocenters. The number of sulfonamides is 1. The third-order valence-corrected chi connectivity index (χ3v) is 7.55. The van der Waals surface area contributed by atoms with E-state index in [-0.39, 0.29) is 31.3 Å². The van der Waals surface area contributed by atoms with Gasteiger partial charge in [0.25, 0.3) is 15.9 Å². The summed E-state index contributed by atoms with van der Waals surface area (Å²) < 4.78 is 27.8. The Morgan fingerprint density at radius 1 is 1.11 bits per heavy atom. The minimum absolute atomic E-state index is 0. The van der Waals surface area contributed by atoms with E-state index in [4.69, 9.17) is 10.7 Å². The van der Waals surface area contributed by atoms with Crippen LogP contribution < -0.4 is 20.7 Å². The fourth-order valence-corrected chi connectivity index (χ4v) is 5.31. The number of nitrogen functional groups attached to an aromatic ring is 1. The van der Waals surface area contributed by atoms with Crippen molar-refractivity contribution in [2.75, 3.05) is 22.5 Å². The zero-order valence-corrected chi connectivity index (χ0v) is 22.3. The molecule has 0 aromatic carbocycles. The molecule has 1 amide bonds. The third-order valence-electron chi connectivity index (χ3n) is 6.31. The Morgan fingerprint density at radius 2 is 1.84 bits per heavy atom. The average molecular weight is 528 g/mol. The van der Waals surface area contributed by atoms with E-state index in [9.17, 15) is 13.2 Å². The molecule has 3 aromatic rings. The van der Waals surface area contributed by atoms with Crippen molar-refractivity contribution in [1.29, 1.82) is 0 Å². The van der Waals surface area contributed by atoms with Gasteiger partial charge in [0, 0.05) is 33.2 Å². The first-order valence-electron chi connectivity index (χ1n) is 12.3. The van der Waals surface area contributed by atoms with Gasteiger partial charge in [-0.15, -0.1) is 0 Å². The van der Waals surface area contributed by atoms with Gasteiger partial charge in [0.05, 0.1) is 11.3 Å². The lowest BCUT2D eigenvalue weighted by Crippen LogP contribution is -2.37. The number of rotatable bonds is 8. The largest absolute Gasteiger partial charge is 0.384 e. The van der Waals surface area contributed by atoms with Crippen LogP contribution in [-0.2, 0) is 10.0 Å². The van der Waals surface area contributed by atoms with Gasteiger partial charge in [-0.05, 0) is 69.0 Å². The lowest BCUT2D eigenvalue weighted by molar-refractivity contribution is 0.0981. The van der Waals surface area contributed by atoms with Crippen LogP contribution in [-0.4, -0.2) is 47.9 Å². The Hall–Kier alpha value is -3.73. The Labute approximate surface area is 220 Å². The summed E-state index contributed by atoms with van der Waals surface area (Å²) in [6.07, 6.45) is 3.62. The van der Waals surface area contributed by atoms with Crippen LogP contribution >= 0.6 is 0 Å². The highest BCUT2D eigenvalue weighted by molar-refractivity contribution is 7.90. The molecule has 37 heavy (non-hydrogen) atoms. The molecule has 0 radical (unpaired) electrons. The number of carbonyl (C=O) groups excluding carboxylic acids is 1. The maximum absolute atomic E-state index is 13.3. The van der Waals surface area contributed by atoms with Crippen molar-refractivity contribution in [3.05, 3.63) is 54.2 Å². The summed E-state index contributed by atoms with van der Waals surface area (Å²) >= 11 is 0. The standard InChI is InChI=1S/C26H33N7O3S.2H2/c1-16(2)14-28-23-13-10-19(15-29-23)21-12-11-20(25(30-21)33-17(3)8-9-18(33)4)26(34)32-37(35,36)24-7-5-6-22(27)31-24;;/h5-7,10-13,15-18H,8-9,14H2,1-4H3,(H2,27,31)(H,28,29)(H,32,34);2*1H/t17-,18+;;. The topological polar surface area (TPSA) is 143 Å². The first kappa shape index (κ1) is 26.3. The molecule has 10 nitrogen and oxygen atoms in total. The monoisotopic (exact) mass is 527 g/mol. The number of hydrogen-bond donors (Lipinski definition) is 3. The van der Waals surface area contributed by atoms with Gasteiger partial charge >= 0.3 is 0 Å². The fourth-order valence-electron chi connectivity index (χ4n) is 4.36. The van der Waals surface area contributed by atoms with Gasteiger partial charge < -0.3 is 16.0 Å². The quantitative estimate of drug-likeness (QED) is 0.393. The number of anilines is 3. The number of pyridine rings is 3. The molecule has 1 aliphatic rings. The highest BCUT2D eigenvalue weighted by Crippen LogP contribution is 2.33. The number of amides is 1. The van der Waals surface area contributed by atoms with Gasteiger partial charge in [0.2, 0.25) is 0 Å². The summed E-state index contributed by atoms with van der Waals surface area (Å²) in [7, 11) is -4.23. The van der Waals surface area contributed by atoms with Crippen molar-refractivity contribution in [3.8, 4) is 11.3 Å². The maximum Gasteiger partial charge on any atom is 0.281 e. The molecular weight excluding hydrogens is 490 g/mol. The van der Waals surface area contributed by atoms with E-state index in [1.165, 1.54) is 18.2 Å². The first-order valence-corrected chi connectivity index (χ1v) is 13.8. The van der Waals surface area contributed by atoms with Crippen LogP contribution in [0.3, 0.4) is 0 Å². The van der Waals surface area contributed by atoms with Crippen LogP contribution in [0.1, 0.15) is 53.7 Å². The maximum atomic E-state index is 13.3. The highest BCUT2D eigenvalue weighted by atomic mass is 32.2. The van der Waals surface area contributed by atoms with Gasteiger partial charge in [0.1, 0.15) is 17.5 Å². The van der Waals surface area contributed by atoms with E-state index >= 15 is 0 Å². The van der Waals surface area contributed by atoms with Crippen LogP contribution in [0.25, 0.3) is 11.3 Å². The smallest absolute Gasteiger partial charge is 0.281 e. The van der Waals surface area contributed by atoms with E-state index in [2.05, 4.69) is 52.6 Å². The SMILES string of the molecule is CC(C)CNc1ccc(-c2ccc(C(=O)NS(=O)(=O)c3cccc(N)n3)c(N3[C@H](C)CC[C@@H]3C)n2)cn1.[HH].[HH]. The molecule has 0 bridgehead atoms. The van der Waals surface area contributed by atoms with Crippen molar-refractivity contribution in [2.24, 2.45) is 5.92 Å². The van der Waals surface area contributed by atoms with Crippen LogP contribution in [0.2, 0.25) is 0 Å². The van der Waals surface area contributed by atoms with Gasteiger partial charge in [-0.1, -0.05) is 19.9 Å². The molecule has 2 atom stereocenters. The molecule has 4 heterocycles. The van der Waals surface area contributed by atoms with Crippen molar-refractivity contribution in [1.82, 2.24) is 19.7 Å². The Bertz CT molecular complexity index is 1380. The van der Waals surface area contributed by atoms with Gasteiger partial charge in [0.15, 0.2) is 5.03 Å². The van der Waals surface area contributed by atoms with Gasteiger partial charge in [-0.25, -0.2) is 19.7 Å².